The minimum atomic E-state index is -0.721. The molecule has 100 valence electrons. The fraction of sp³-hybridized carbons (Fsp3) is 0.200. The van der Waals surface area contributed by atoms with Gasteiger partial charge in [0, 0.05) is 22.2 Å². The highest BCUT2D eigenvalue weighted by Gasteiger charge is 2.11. The predicted octanol–water partition coefficient (Wildman–Crippen LogP) is 4.11. The minimum Gasteiger partial charge on any atom is -0.488 e. The zero-order chi connectivity index (χ0) is 13.8. The van der Waals surface area contributed by atoms with Gasteiger partial charge in [0.05, 0.1) is 6.10 Å². The van der Waals surface area contributed by atoms with Crippen LogP contribution in [0, 0.1) is 5.82 Å². The van der Waals surface area contributed by atoms with Gasteiger partial charge in [0.2, 0.25) is 0 Å². The van der Waals surface area contributed by atoms with Crippen molar-refractivity contribution in [1.82, 2.24) is 0 Å². The van der Waals surface area contributed by atoms with Crippen molar-refractivity contribution in [2.75, 3.05) is 0 Å². The topological polar surface area (TPSA) is 29.5 Å². The first-order valence-electron chi connectivity index (χ1n) is 5.91. The number of rotatable bonds is 4. The highest BCUT2D eigenvalue weighted by Crippen LogP contribution is 2.27. The average molecular weight is 281 g/mol. The fourth-order valence-electron chi connectivity index (χ4n) is 1.75. The highest BCUT2D eigenvalue weighted by atomic mass is 35.5. The molecule has 2 nitrogen and oxygen atoms in total. The summed E-state index contributed by atoms with van der Waals surface area (Å²) >= 11 is 6.02. The van der Waals surface area contributed by atoms with Gasteiger partial charge in [0.1, 0.15) is 18.2 Å². The van der Waals surface area contributed by atoms with Crippen LogP contribution in [0.5, 0.6) is 5.75 Å². The molecule has 2 aromatic rings. The Kier molecular flexibility index (Phi) is 4.40. The first kappa shape index (κ1) is 13.8. The second-order valence-corrected chi connectivity index (χ2v) is 4.65. The smallest absolute Gasteiger partial charge is 0.128 e. The van der Waals surface area contributed by atoms with Gasteiger partial charge < -0.3 is 9.84 Å². The molecule has 2 rings (SSSR count). The van der Waals surface area contributed by atoms with Crippen LogP contribution in [0.1, 0.15) is 24.2 Å². The van der Waals surface area contributed by atoms with E-state index >= 15 is 0 Å². The number of halogens is 2. The first-order chi connectivity index (χ1) is 9.08. The van der Waals surface area contributed by atoms with E-state index in [1.165, 1.54) is 18.2 Å². The first-order valence-corrected chi connectivity index (χ1v) is 6.29. The van der Waals surface area contributed by atoms with E-state index in [1.807, 2.05) is 18.2 Å². The Morgan fingerprint density at radius 3 is 2.68 bits per heavy atom. The van der Waals surface area contributed by atoms with Gasteiger partial charge in [-0.05, 0) is 25.1 Å². The third-order valence-electron chi connectivity index (χ3n) is 2.77. The number of hydrogen-bond donors (Lipinski definition) is 1. The van der Waals surface area contributed by atoms with Crippen LogP contribution in [-0.4, -0.2) is 5.11 Å². The molecule has 1 atom stereocenters. The van der Waals surface area contributed by atoms with Crippen LogP contribution in [0.2, 0.25) is 5.02 Å². The van der Waals surface area contributed by atoms with E-state index in [2.05, 4.69) is 0 Å². The molecule has 0 unspecified atom stereocenters. The summed E-state index contributed by atoms with van der Waals surface area (Å²) in [6.07, 6.45) is -0.721. The molecule has 0 fully saturated rings. The number of aliphatic hydroxyl groups is 1. The van der Waals surface area contributed by atoms with Gasteiger partial charge in [0.15, 0.2) is 0 Å². The van der Waals surface area contributed by atoms with Gasteiger partial charge in [-0.25, -0.2) is 4.39 Å². The van der Waals surface area contributed by atoms with Gasteiger partial charge in [-0.2, -0.15) is 0 Å². The Hall–Kier alpha value is -1.58. The van der Waals surface area contributed by atoms with Crippen molar-refractivity contribution >= 4 is 11.6 Å². The molecule has 4 heteroatoms. The van der Waals surface area contributed by atoms with Crippen molar-refractivity contribution in [3.05, 3.63) is 64.4 Å². The quantitative estimate of drug-likeness (QED) is 0.913. The summed E-state index contributed by atoms with van der Waals surface area (Å²) in [5, 5.41) is 10.2. The third-order valence-corrected chi connectivity index (χ3v) is 3.14. The van der Waals surface area contributed by atoms with Crippen molar-refractivity contribution in [3.8, 4) is 5.75 Å². The molecule has 0 bridgehead atoms. The van der Waals surface area contributed by atoms with Crippen molar-refractivity contribution in [2.45, 2.75) is 19.6 Å². The molecule has 2 aromatic carbocycles. The number of hydrogen-bond acceptors (Lipinski definition) is 2. The lowest BCUT2D eigenvalue weighted by molar-refractivity contribution is 0.190. The van der Waals surface area contributed by atoms with Crippen LogP contribution < -0.4 is 4.74 Å². The average Bonchev–Trinajstić information content (AvgIpc) is 2.37. The van der Waals surface area contributed by atoms with Gasteiger partial charge in [-0.15, -0.1) is 0 Å². The van der Waals surface area contributed by atoms with E-state index < -0.39 is 11.9 Å². The molecule has 0 saturated heterocycles. The van der Waals surface area contributed by atoms with E-state index in [4.69, 9.17) is 16.3 Å². The number of benzene rings is 2. The second-order valence-electron chi connectivity index (χ2n) is 4.24. The van der Waals surface area contributed by atoms with Crippen LogP contribution >= 0.6 is 11.6 Å². The standard InChI is InChI=1S/C15H14ClFO2/c1-10(18)13-7-6-12(17)8-15(13)19-9-11-4-2-3-5-14(11)16/h2-8,10,18H,9H2,1H3/t10-/m0/s1. The molecule has 1 N–H and O–H groups in total. The summed E-state index contributed by atoms with van der Waals surface area (Å²) < 4.78 is 18.8. The number of aliphatic hydroxyl groups excluding tert-OH is 1. The Labute approximate surface area is 116 Å². The highest BCUT2D eigenvalue weighted by molar-refractivity contribution is 6.31. The lowest BCUT2D eigenvalue weighted by Gasteiger charge is -2.14. The maximum Gasteiger partial charge on any atom is 0.128 e. The van der Waals surface area contributed by atoms with Crippen molar-refractivity contribution in [3.63, 3.8) is 0 Å². The molecule has 0 radical (unpaired) electrons. The normalized spacial score (nSPS) is 12.2. The molecule has 19 heavy (non-hydrogen) atoms. The molecule has 0 aliphatic carbocycles. The van der Waals surface area contributed by atoms with E-state index in [9.17, 15) is 9.50 Å². The van der Waals surface area contributed by atoms with E-state index in [-0.39, 0.29) is 6.61 Å². The monoisotopic (exact) mass is 280 g/mol. The summed E-state index contributed by atoms with van der Waals surface area (Å²) in [4.78, 5) is 0. The molecule has 0 aliphatic rings. The molecular formula is C15H14ClFO2. The minimum absolute atomic E-state index is 0.225. The SMILES string of the molecule is C[C@H](O)c1ccc(F)cc1OCc1ccccc1Cl. The summed E-state index contributed by atoms with van der Waals surface area (Å²) in [6, 6.07) is 11.4. The largest absolute Gasteiger partial charge is 0.488 e. The zero-order valence-electron chi connectivity index (χ0n) is 10.4. The van der Waals surface area contributed by atoms with E-state index in [1.54, 1.807) is 13.0 Å². The lowest BCUT2D eigenvalue weighted by Crippen LogP contribution is -2.02. The summed E-state index contributed by atoms with van der Waals surface area (Å²) in [5.41, 5.74) is 1.36. The summed E-state index contributed by atoms with van der Waals surface area (Å²) in [6.45, 7) is 1.83. The van der Waals surface area contributed by atoms with Crippen LogP contribution in [-0.2, 0) is 6.61 Å². The van der Waals surface area contributed by atoms with Crippen LogP contribution in [0.4, 0.5) is 4.39 Å². The molecule has 0 aromatic heterocycles. The summed E-state index contributed by atoms with van der Waals surface area (Å²) in [5.74, 6) is -0.0755. The Balaban J connectivity index is 2.19. The maximum atomic E-state index is 13.2. The lowest BCUT2D eigenvalue weighted by atomic mass is 10.1. The third kappa shape index (κ3) is 3.46. The zero-order valence-corrected chi connectivity index (χ0v) is 11.2. The molecule has 0 heterocycles. The van der Waals surface area contributed by atoms with Gasteiger partial charge in [0.25, 0.3) is 0 Å². The summed E-state index contributed by atoms with van der Waals surface area (Å²) in [7, 11) is 0. The van der Waals surface area contributed by atoms with Gasteiger partial charge >= 0.3 is 0 Å². The van der Waals surface area contributed by atoms with Crippen molar-refractivity contribution in [2.24, 2.45) is 0 Å². The van der Waals surface area contributed by atoms with Gasteiger partial charge in [-0.1, -0.05) is 29.8 Å². The predicted molar refractivity (Wildman–Crippen MR) is 72.8 cm³/mol. The Morgan fingerprint density at radius 2 is 2.00 bits per heavy atom. The molecule has 0 saturated carbocycles. The molecular weight excluding hydrogens is 267 g/mol. The Bertz CT molecular complexity index is 570. The second kappa shape index (κ2) is 6.04. The van der Waals surface area contributed by atoms with E-state index in [0.717, 1.165) is 5.56 Å². The Morgan fingerprint density at radius 1 is 1.26 bits per heavy atom. The van der Waals surface area contributed by atoms with Crippen LogP contribution in [0.15, 0.2) is 42.5 Å². The van der Waals surface area contributed by atoms with Crippen LogP contribution in [0.25, 0.3) is 0 Å². The number of ether oxygens (including phenoxy) is 1. The van der Waals surface area contributed by atoms with Crippen LogP contribution in [0.3, 0.4) is 0 Å². The van der Waals surface area contributed by atoms with Gasteiger partial charge in [-0.3, -0.25) is 0 Å². The molecule has 0 spiro atoms. The fourth-order valence-corrected chi connectivity index (χ4v) is 1.94. The maximum absolute atomic E-state index is 13.2. The van der Waals surface area contributed by atoms with E-state index in [0.29, 0.717) is 16.3 Å². The molecule has 0 aliphatic heterocycles. The molecule has 0 amide bonds. The van der Waals surface area contributed by atoms with Crippen molar-refractivity contribution in [1.29, 1.82) is 0 Å². The van der Waals surface area contributed by atoms with Crippen molar-refractivity contribution < 1.29 is 14.2 Å².